The molecule has 0 unspecified atom stereocenters. The Kier molecular flexibility index (Phi) is 6.01. The quantitative estimate of drug-likeness (QED) is 0.202. The predicted octanol–water partition coefficient (Wildman–Crippen LogP) is -1.53. The maximum Gasteiger partial charge on any atom is 0.339 e. The molecule has 1 aromatic carbocycles. The summed E-state index contributed by atoms with van der Waals surface area (Å²) in [6.45, 7) is -0.883. The summed E-state index contributed by atoms with van der Waals surface area (Å²) in [6.07, 6.45) is -7.47. The Morgan fingerprint density at radius 1 is 0.926 bits per heavy atom. The van der Waals surface area contributed by atoms with Crippen LogP contribution in [0.4, 0.5) is 17.6 Å². The van der Waals surface area contributed by atoms with E-state index in [0.717, 1.165) is 0 Å². The number of aromatic carboxylic acids is 1. The molecule has 1 aliphatic heterocycles. The van der Waals surface area contributed by atoms with Crippen LogP contribution in [0.1, 0.15) is 20.7 Å². The van der Waals surface area contributed by atoms with Crippen molar-refractivity contribution in [2.45, 2.75) is 30.6 Å². The molecule has 1 saturated heterocycles. The van der Waals surface area contributed by atoms with Gasteiger partial charge in [0, 0.05) is 0 Å². The molecule has 0 aromatic heterocycles. The van der Waals surface area contributed by atoms with Crippen molar-refractivity contribution in [3.63, 3.8) is 0 Å². The van der Waals surface area contributed by atoms with Gasteiger partial charge in [-0.05, 0) is 0 Å². The summed E-state index contributed by atoms with van der Waals surface area (Å²) < 4.78 is 58.9. The zero-order valence-electron chi connectivity index (χ0n) is 13.1. The van der Waals surface area contributed by atoms with Gasteiger partial charge in [0.1, 0.15) is 23.9 Å². The molecule has 1 fully saturated rings. The normalized spacial score (nSPS) is 28.1. The number of amides is 1. The zero-order valence-corrected chi connectivity index (χ0v) is 13.1. The summed E-state index contributed by atoms with van der Waals surface area (Å²) in [5.41, 5.74) is -3.56. The first-order chi connectivity index (χ1) is 12.5. The molecule has 1 amide bonds. The Labute approximate surface area is 147 Å². The predicted molar refractivity (Wildman–Crippen MR) is 74.5 cm³/mol. The van der Waals surface area contributed by atoms with Crippen LogP contribution in [0.2, 0.25) is 0 Å². The lowest BCUT2D eigenvalue weighted by molar-refractivity contribution is -0.260. The van der Waals surface area contributed by atoms with E-state index in [4.69, 9.17) is 10.2 Å². The number of carboxylic acids is 1. The molecule has 2 rings (SSSR count). The number of benzene rings is 1. The third-order valence-electron chi connectivity index (χ3n) is 3.91. The number of carbonyl (C=O) groups excluding carboxylic acids is 1. The van der Waals surface area contributed by atoms with Gasteiger partial charge in [0.05, 0.1) is 18.2 Å². The molecular formula is C14H13F4NO8. The summed E-state index contributed by atoms with van der Waals surface area (Å²) in [5.74, 6) is -13.7. The molecule has 1 aromatic rings. The Balaban J connectivity index is 2.48. The Hall–Kier alpha value is -2.32. The highest BCUT2D eigenvalue weighted by Crippen LogP contribution is 2.26. The monoisotopic (exact) mass is 399 g/mol. The van der Waals surface area contributed by atoms with Crippen molar-refractivity contribution >= 4 is 11.9 Å². The van der Waals surface area contributed by atoms with Crippen molar-refractivity contribution < 1.29 is 57.4 Å². The van der Waals surface area contributed by atoms with Crippen LogP contribution < -0.4 is 5.32 Å². The van der Waals surface area contributed by atoms with Crippen molar-refractivity contribution in [1.29, 1.82) is 0 Å². The molecule has 0 saturated carbocycles. The van der Waals surface area contributed by atoms with Gasteiger partial charge >= 0.3 is 5.97 Å². The number of nitrogens with one attached hydrogen (secondary N) is 1. The Morgan fingerprint density at radius 3 is 1.93 bits per heavy atom. The van der Waals surface area contributed by atoms with E-state index in [1.807, 2.05) is 0 Å². The Morgan fingerprint density at radius 2 is 1.44 bits per heavy atom. The molecule has 0 bridgehead atoms. The number of halogens is 4. The number of carboxylic acid groups (broad SMARTS) is 1. The summed E-state index contributed by atoms with van der Waals surface area (Å²) in [5, 5.41) is 48.8. The first-order valence-corrected chi connectivity index (χ1v) is 7.23. The number of hydrogen-bond acceptors (Lipinski definition) is 7. The largest absolute Gasteiger partial charge is 0.478 e. The molecule has 0 radical (unpaired) electrons. The third-order valence-corrected chi connectivity index (χ3v) is 3.91. The van der Waals surface area contributed by atoms with E-state index < -0.39 is 83.5 Å². The van der Waals surface area contributed by atoms with Gasteiger partial charge in [0.15, 0.2) is 29.6 Å². The van der Waals surface area contributed by atoms with E-state index in [2.05, 4.69) is 4.74 Å². The van der Waals surface area contributed by atoms with Gasteiger partial charge in [-0.1, -0.05) is 0 Å². The number of ether oxygens (including phenoxy) is 1. The minimum atomic E-state index is -2.46. The van der Waals surface area contributed by atoms with Gasteiger partial charge in [-0.15, -0.1) is 0 Å². The van der Waals surface area contributed by atoms with Crippen molar-refractivity contribution in [2.75, 3.05) is 6.61 Å². The van der Waals surface area contributed by atoms with Crippen molar-refractivity contribution in [3.8, 4) is 0 Å². The third kappa shape index (κ3) is 3.59. The van der Waals surface area contributed by atoms with Gasteiger partial charge < -0.3 is 35.6 Å². The van der Waals surface area contributed by atoms with Gasteiger partial charge in [-0.2, -0.15) is 0 Å². The molecule has 150 valence electrons. The van der Waals surface area contributed by atoms with Crippen LogP contribution in [0.5, 0.6) is 0 Å². The van der Waals surface area contributed by atoms with Gasteiger partial charge in [0.2, 0.25) is 0 Å². The second-order valence-electron chi connectivity index (χ2n) is 5.54. The second-order valence-corrected chi connectivity index (χ2v) is 5.54. The first kappa shape index (κ1) is 21.0. The summed E-state index contributed by atoms with van der Waals surface area (Å²) in [4.78, 5) is 23.3. The molecule has 6 N–H and O–H groups in total. The highest BCUT2D eigenvalue weighted by molar-refractivity contribution is 6.05. The molecule has 27 heavy (non-hydrogen) atoms. The molecule has 1 heterocycles. The van der Waals surface area contributed by atoms with E-state index in [1.165, 1.54) is 0 Å². The standard InChI is InChI=1S/C14H13F4NO8/c15-5-3(4(13(24)25)6(16)8(18)7(5)17)12(23)19-9-10(21)2(1-20)27-14(26)11(9)22/h2,9-11,14,20-22,26H,1H2,(H,19,23)(H,24,25)/t2-,9+,10+,11-,14-/m1/s1. The van der Waals surface area contributed by atoms with E-state index in [1.54, 1.807) is 5.32 Å². The van der Waals surface area contributed by atoms with E-state index in [-0.39, 0.29) is 0 Å². The van der Waals surface area contributed by atoms with E-state index in [9.17, 15) is 42.5 Å². The van der Waals surface area contributed by atoms with Crippen LogP contribution in [0, 0.1) is 23.3 Å². The fourth-order valence-electron chi connectivity index (χ4n) is 2.54. The number of rotatable bonds is 4. The van der Waals surface area contributed by atoms with Crippen LogP contribution in [0.15, 0.2) is 0 Å². The van der Waals surface area contributed by atoms with E-state index in [0.29, 0.717) is 0 Å². The van der Waals surface area contributed by atoms with Crippen LogP contribution in [-0.2, 0) is 4.74 Å². The lowest BCUT2D eigenvalue weighted by Gasteiger charge is -2.40. The van der Waals surface area contributed by atoms with Crippen LogP contribution in [0.25, 0.3) is 0 Å². The lowest BCUT2D eigenvalue weighted by Crippen LogP contribution is -2.64. The minimum absolute atomic E-state index is 0.883. The average molecular weight is 399 g/mol. The fourth-order valence-corrected chi connectivity index (χ4v) is 2.54. The summed E-state index contributed by atoms with van der Waals surface area (Å²) >= 11 is 0. The molecule has 0 spiro atoms. The van der Waals surface area contributed by atoms with Gasteiger partial charge in [-0.25, -0.2) is 22.4 Å². The van der Waals surface area contributed by atoms with Crippen molar-refractivity contribution in [1.82, 2.24) is 5.32 Å². The molecule has 0 aliphatic carbocycles. The van der Waals surface area contributed by atoms with Crippen LogP contribution in [-0.4, -0.2) is 74.7 Å². The topological polar surface area (TPSA) is 157 Å². The van der Waals surface area contributed by atoms with Gasteiger partial charge in [-0.3, -0.25) is 4.79 Å². The SMILES string of the molecule is O=C(O)c1c(F)c(F)c(F)c(F)c1C(=O)N[C@@H]1[C@@H](O)[C@H](O)O[C@H](CO)[C@@H]1O. The van der Waals surface area contributed by atoms with Crippen molar-refractivity contribution in [3.05, 3.63) is 34.4 Å². The van der Waals surface area contributed by atoms with Gasteiger partial charge in [0.25, 0.3) is 5.91 Å². The number of aliphatic hydroxyl groups excluding tert-OH is 4. The second kappa shape index (κ2) is 7.74. The minimum Gasteiger partial charge on any atom is -0.478 e. The summed E-state index contributed by atoms with van der Waals surface area (Å²) in [6, 6.07) is -1.87. The van der Waals surface area contributed by atoms with Crippen molar-refractivity contribution in [2.24, 2.45) is 0 Å². The molecule has 1 aliphatic rings. The smallest absolute Gasteiger partial charge is 0.339 e. The fraction of sp³-hybridized carbons (Fsp3) is 0.429. The molecule has 5 atom stereocenters. The maximum absolute atomic E-state index is 13.9. The molecular weight excluding hydrogens is 386 g/mol. The first-order valence-electron chi connectivity index (χ1n) is 7.23. The van der Waals surface area contributed by atoms with Crippen LogP contribution >= 0.6 is 0 Å². The number of carbonyl (C=O) groups is 2. The highest BCUT2D eigenvalue weighted by Gasteiger charge is 2.45. The zero-order chi connectivity index (χ0) is 20.6. The highest BCUT2D eigenvalue weighted by atomic mass is 19.2. The van der Waals surface area contributed by atoms with Crippen LogP contribution in [0.3, 0.4) is 0 Å². The Bertz CT molecular complexity index is 776. The lowest BCUT2D eigenvalue weighted by atomic mass is 9.95. The number of hydrogen-bond donors (Lipinski definition) is 6. The number of aliphatic hydroxyl groups is 4. The average Bonchev–Trinajstić information content (AvgIpc) is 2.62. The molecule has 9 nitrogen and oxygen atoms in total. The summed E-state index contributed by atoms with van der Waals surface area (Å²) in [7, 11) is 0. The maximum atomic E-state index is 13.9. The van der Waals surface area contributed by atoms with E-state index >= 15 is 0 Å². The molecule has 13 heteroatoms.